The third-order valence-corrected chi connectivity index (χ3v) is 4.87. The van der Waals surface area contributed by atoms with Crippen molar-refractivity contribution in [3.05, 3.63) is 100 Å². The Bertz CT molecular complexity index is 1140. The fourth-order valence-electron chi connectivity index (χ4n) is 3.30. The van der Waals surface area contributed by atoms with Crippen LogP contribution in [0.2, 0.25) is 0 Å². The van der Waals surface area contributed by atoms with Crippen LogP contribution in [-0.2, 0) is 6.54 Å². The number of imide groups is 1. The van der Waals surface area contributed by atoms with Gasteiger partial charge in [0.1, 0.15) is 5.82 Å². The van der Waals surface area contributed by atoms with Gasteiger partial charge in [-0.3, -0.25) is 14.4 Å². The second-order valence-electron chi connectivity index (χ2n) is 6.80. The summed E-state index contributed by atoms with van der Waals surface area (Å²) in [5.41, 5.74) is 2.83. The van der Waals surface area contributed by atoms with Crippen molar-refractivity contribution in [2.75, 3.05) is 4.90 Å². The molecule has 1 aliphatic heterocycles. The minimum atomic E-state index is -0.451. The predicted molar refractivity (Wildman–Crippen MR) is 106 cm³/mol. The summed E-state index contributed by atoms with van der Waals surface area (Å²) in [4.78, 5) is 39.3. The standard InChI is InChI=1S/C23H17FN2O3/c1-14-4-2-3-5-20(14)26-22(28)18-11-8-16(12-19(18)23(26)29)21(27)25-13-15-6-9-17(24)10-7-15/h2-12H,13H2,1H3,(H,25,27). The minimum Gasteiger partial charge on any atom is -0.348 e. The maximum Gasteiger partial charge on any atom is 0.266 e. The van der Waals surface area contributed by atoms with Crippen LogP contribution in [0.1, 0.15) is 42.2 Å². The summed E-state index contributed by atoms with van der Waals surface area (Å²) < 4.78 is 13.0. The number of hydrogen-bond donors (Lipinski definition) is 1. The quantitative estimate of drug-likeness (QED) is 0.690. The van der Waals surface area contributed by atoms with Gasteiger partial charge in [-0.25, -0.2) is 9.29 Å². The number of halogens is 1. The zero-order valence-corrected chi connectivity index (χ0v) is 15.6. The van der Waals surface area contributed by atoms with Crippen molar-refractivity contribution >= 4 is 23.4 Å². The third kappa shape index (κ3) is 3.40. The van der Waals surface area contributed by atoms with Crippen LogP contribution in [-0.4, -0.2) is 17.7 Å². The van der Waals surface area contributed by atoms with Gasteiger partial charge in [-0.1, -0.05) is 30.3 Å². The van der Waals surface area contributed by atoms with E-state index in [9.17, 15) is 18.8 Å². The summed E-state index contributed by atoms with van der Waals surface area (Å²) in [6.07, 6.45) is 0. The smallest absolute Gasteiger partial charge is 0.266 e. The lowest BCUT2D eigenvalue weighted by Gasteiger charge is -2.16. The second-order valence-corrected chi connectivity index (χ2v) is 6.80. The van der Waals surface area contributed by atoms with Gasteiger partial charge in [0, 0.05) is 12.1 Å². The average Bonchev–Trinajstić information content (AvgIpc) is 2.98. The molecule has 0 unspecified atom stereocenters. The number of hydrogen-bond acceptors (Lipinski definition) is 3. The van der Waals surface area contributed by atoms with E-state index in [2.05, 4.69) is 5.32 Å². The maximum absolute atomic E-state index is 13.0. The number of amides is 3. The van der Waals surface area contributed by atoms with Gasteiger partial charge in [0.05, 0.1) is 16.8 Å². The summed E-state index contributed by atoms with van der Waals surface area (Å²) in [5, 5.41) is 2.73. The van der Waals surface area contributed by atoms with E-state index in [0.717, 1.165) is 16.0 Å². The number of fused-ring (bicyclic) bond motifs is 1. The lowest BCUT2D eigenvalue weighted by atomic mass is 10.1. The highest BCUT2D eigenvalue weighted by Gasteiger charge is 2.37. The van der Waals surface area contributed by atoms with Crippen molar-refractivity contribution in [2.45, 2.75) is 13.5 Å². The Morgan fingerprint density at radius 1 is 0.931 bits per heavy atom. The highest BCUT2D eigenvalue weighted by molar-refractivity contribution is 6.35. The monoisotopic (exact) mass is 388 g/mol. The molecule has 0 spiro atoms. The lowest BCUT2D eigenvalue weighted by molar-refractivity contribution is 0.0923. The van der Waals surface area contributed by atoms with E-state index in [1.54, 1.807) is 24.3 Å². The highest BCUT2D eigenvalue weighted by Crippen LogP contribution is 2.31. The lowest BCUT2D eigenvalue weighted by Crippen LogP contribution is -2.30. The molecule has 3 amide bonds. The fraction of sp³-hybridized carbons (Fsp3) is 0.0870. The van der Waals surface area contributed by atoms with Crippen LogP contribution in [0, 0.1) is 12.7 Å². The largest absolute Gasteiger partial charge is 0.348 e. The minimum absolute atomic E-state index is 0.202. The molecule has 5 nitrogen and oxygen atoms in total. The van der Waals surface area contributed by atoms with Crippen LogP contribution >= 0.6 is 0 Å². The fourth-order valence-corrected chi connectivity index (χ4v) is 3.30. The van der Waals surface area contributed by atoms with Crippen molar-refractivity contribution in [1.82, 2.24) is 5.32 Å². The van der Waals surface area contributed by atoms with Gasteiger partial charge < -0.3 is 5.32 Å². The first-order chi connectivity index (χ1) is 14.0. The molecule has 0 aromatic heterocycles. The number of rotatable bonds is 4. The Morgan fingerprint density at radius 2 is 1.62 bits per heavy atom. The van der Waals surface area contributed by atoms with Gasteiger partial charge in [0.15, 0.2) is 0 Å². The maximum atomic E-state index is 13.0. The topological polar surface area (TPSA) is 66.5 Å². The molecule has 6 heteroatoms. The molecule has 1 aliphatic rings. The van der Waals surface area contributed by atoms with Crippen LogP contribution in [0.25, 0.3) is 0 Å². The second kappa shape index (κ2) is 7.31. The molecule has 0 aliphatic carbocycles. The van der Waals surface area contributed by atoms with Gasteiger partial charge in [0.25, 0.3) is 17.7 Å². The van der Waals surface area contributed by atoms with Crippen molar-refractivity contribution in [3.63, 3.8) is 0 Å². The summed E-state index contributed by atoms with van der Waals surface area (Å²) >= 11 is 0. The van der Waals surface area contributed by atoms with Gasteiger partial charge in [-0.2, -0.15) is 0 Å². The highest BCUT2D eigenvalue weighted by atomic mass is 19.1. The molecule has 0 saturated carbocycles. The van der Waals surface area contributed by atoms with Crippen LogP contribution in [0.5, 0.6) is 0 Å². The summed E-state index contributed by atoms with van der Waals surface area (Å²) in [6, 6.07) is 17.4. The first-order valence-electron chi connectivity index (χ1n) is 9.07. The molecule has 0 radical (unpaired) electrons. The van der Waals surface area contributed by atoms with Crippen LogP contribution < -0.4 is 10.2 Å². The molecule has 4 rings (SSSR count). The van der Waals surface area contributed by atoms with Crippen LogP contribution in [0.15, 0.2) is 66.7 Å². The molecular weight excluding hydrogens is 371 g/mol. The summed E-state index contributed by atoms with van der Waals surface area (Å²) in [7, 11) is 0. The summed E-state index contributed by atoms with van der Waals surface area (Å²) in [5.74, 6) is -1.59. The first kappa shape index (κ1) is 18.6. The van der Waals surface area contributed by atoms with Gasteiger partial charge in [-0.15, -0.1) is 0 Å². The number of anilines is 1. The molecule has 29 heavy (non-hydrogen) atoms. The molecular formula is C23H17FN2O3. The Labute approximate surface area is 166 Å². The van der Waals surface area contributed by atoms with E-state index in [1.165, 1.54) is 30.3 Å². The molecule has 0 bridgehead atoms. The van der Waals surface area contributed by atoms with E-state index in [4.69, 9.17) is 0 Å². The van der Waals surface area contributed by atoms with Crippen LogP contribution in [0.3, 0.4) is 0 Å². The van der Waals surface area contributed by atoms with E-state index >= 15 is 0 Å². The Balaban J connectivity index is 1.56. The summed E-state index contributed by atoms with van der Waals surface area (Å²) in [6.45, 7) is 2.05. The van der Waals surface area contributed by atoms with Crippen molar-refractivity contribution in [2.24, 2.45) is 0 Å². The number of nitrogens with one attached hydrogen (secondary N) is 1. The van der Waals surface area contributed by atoms with Gasteiger partial charge in [-0.05, 0) is 54.4 Å². The molecule has 144 valence electrons. The molecule has 3 aromatic rings. The van der Waals surface area contributed by atoms with Crippen LogP contribution in [0.4, 0.5) is 10.1 Å². The zero-order valence-electron chi connectivity index (χ0n) is 15.6. The van der Waals surface area contributed by atoms with E-state index in [0.29, 0.717) is 5.69 Å². The molecule has 3 aromatic carbocycles. The number of aryl methyl sites for hydroxylation is 1. The van der Waals surface area contributed by atoms with Gasteiger partial charge in [0.2, 0.25) is 0 Å². The molecule has 0 atom stereocenters. The van der Waals surface area contributed by atoms with E-state index < -0.39 is 11.8 Å². The Kier molecular flexibility index (Phi) is 4.68. The number of benzene rings is 3. The van der Waals surface area contributed by atoms with E-state index in [1.807, 2.05) is 19.1 Å². The van der Waals surface area contributed by atoms with E-state index in [-0.39, 0.29) is 35.0 Å². The predicted octanol–water partition coefficient (Wildman–Crippen LogP) is 3.86. The van der Waals surface area contributed by atoms with Crippen molar-refractivity contribution < 1.29 is 18.8 Å². The third-order valence-electron chi connectivity index (χ3n) is 4.87. The normalized spacial score (nSPS) is 12.8. The van der Waals surface area contributed by atoms with Crippen molar-refractivity contribution in [1.29, 1.82) is 0 Å². The molecule has 0 saturated heterocycles. The number of carbonyl (C=O) groups is 3. The number of carbonyl (C=O) groups excluding carboxylic acids is 3. The number of para-hydroxylation sites is 1. The molecule has 1 N–H and O–H groups in total. The first-order valence-corrected chi connectivity index (χ1v) is 9.07. The zero-order chi connectivity index (χ0) is 20.5. The Hall–Kier alpha value is -3.80. The SMILES string of the molecule is Cc1ccccc1N1C(=O)c2ccc(C(=O)NCc3ccc(F)cc3)cc2C1=O. The van der Waals surface area contributed by atoms with Gasteiger partial charge >= 0.3 is 0 Å². The Morgan fingerprint density at radius 3 is 2.34 bits per heavy atom. The average molecular weight is 388 g/mol. The molecule has 0 fully saturated rings. The number of nitrogens with zero attached hydrogens (tertiary/aromatic N) is 1. The molecule has 1 heterocycles. The van der Waals surface area contributed by atoms with Crippen molar-refractivity contribution in [3.8, 4) is 0 Å².